The van der Waals surface area contributed by atoms with E-state index in [-0.39, 0.29) is 40.0 Å². The fourth-order valence-electron chi connectivity index (χ4n) is 6.35. The Kier molecular flexibility index (Phi) is 5.66. The number of aliphatic hydroxyl groups excluding tert-OH is 2. The number of ketones is 2. The molecule has 3 aliphatic rings. The predicted molar refractivity (Wildman–Crippen MR) is 141 cm³/mol. The molecule has 190 valence electrons. The van der Waals surface area contributed by atoms with Gasteiger partial charge in [0, 0.05) is 23.8 Å². The number of phenolic OH excluding ortho intramolecular Hbond substituents is 1. The largest absolute Gasteiger partial charge is 0.508 e. The maximum Gasteiger partial charge on any atom is 0.194 e. The Morgan fingerprint density at radius 3 is 2.46 bits per heavy atom. The molecular formula is C31H30O6. The molecule has 37 heavy (non-hydrogen) atoms. The molecule has 2 aromatic carbocycles. The van der Waals surface area contributed by atoms with Crippen molar-refractivity contribution >= 4 is 23.2 Å². The Morgan fingerprint density at radius 2 is 1.81 bits per heavy atom. The van der Waals surface area contributed by atoms with E-state index < -0.39 is 40.9 Å². The molecule has 3 aliphatic carbocycles. The zero-order valence-electron chi connectivity index (χ0n) is 21.3. The van der Waals surface area contributed by atoms with Crippen LogP contribution < -0.4 is 0 Å². The number of Topliss-reactive ketones (excluding diaryl/α,β-unsaturated/α-hetero) is 2. The summed E-state index contributed by atoms with van der Waals surface area (Å²) in [5.74, 6) is -3.71. The number of benzene rings is 2. The normalized spacial score (nSPS) is 28.3. The van der Waals surface area contributed by atoms with Gasteiger partial charge < -0.3 is 20.4 Å². The van der Waals surface area contributed by atoms with Gasteiger partial charge in [0.25, 0.3) is 0 Å². The zero-order valence-corrected chi connectivity index (χ0v) is 21.3. The number of aryl methyl sites for hydroxylation is 2. The SMILES string of the molecule is C=C(C)C1=C(O)[C@@]2(O)C(C)=C3C(=O)c4c(O)cccc4/C(=C\c4ccc(C)cc4C)[C@H]3[C@H](O)[C@H]2CC1=O. The molecule has 0 amide bonds. The molecule has 0 aliphatic heterocycles. The molecule has 0 saturated heterocycles. The first-order valence-electron chi connectivity index (χ1n) is 12.3. The molecule has 0 heterocycles. The lowest BCUT2D eigenvalue weighted by Crippen LogP contribution is -2.58. The fraction of sp³-hybridized carbons (Fsp3) is 0.290. The van der Waals surface area contributed by atoms with Crippen molar-refractivity contribution in [3.05, 3.63) is 98.8 Å². The number of aromatic hydroxyl groups is 1. The molecule has 0 spiro atoms. The van der Waals surface area contributed by atoms with Crippen LogP contribution in [0, 0.1) is 25.7 Å². The first-order valence-corrected chi connectivity index (χ1v) is 12.3. The van der Waals surface area contributed by atoms with Crippen LogP contribution in [0.25, 0.3) is 11.6 Å². The molecule has 0 fully saturated rings. The summed E-state index contributed by atoms with van der Waals surface area (Å²) in [6.45, 7) is 10.8. The van der Waals surface area contributed by atoms with E-state index in [0.717, 1.165) is 16.7 Å². The molecule has 4 N–H and O–H groups in total. The average Bonchev–Trinajstić information content (AvgIpc) is 2.82. The number of allylic oxidation sites excluding steroid dienone is 2. The molecule has 0 unspecified atom stereocenters. The average molecular weight is 499 g/mol. The minimum Gasteiger partial charge on any atom is -0.508 e. The Hall–Kier alpha value is -3.74. The smallest absolute Gasteiger partial charge is 0.194 e. The highest BCUT2D eigenvalue weighted by Gasteiger charge is 2.60. The number of rotatable bonds is 2. The molecule has 0 radical (unpaired) electrons. The summed E-state index contributed by atoms with van der Waals surface area (Å²) in [6.07, 6.45) is 0.311. The molecule has 4 atom stereocenters. The van der Waals surface area contributed by atoms with E-state index in [2.05, 4.69) is 6.58 Å². The predicted octanol–water partition coefficient (Wildman–Crippen LogP) is 4.76. The molecular weight excluding hydrogens is 468 g/mol. The topological polar surface area (TPSA) is 115 Å². The monoisotopic (exact) mass is 498 g/mol. The first kappa shape index (κ1) is 24.9. The Labute approximate surface area is 215 Å². The second-order valence-corrected chi connectivity index (χ2v) is 10.5. The third-order valence-electron chi connectivity index (χ3n) is 8.18. The van der Waals surface area contributed by atoms with E-state index in [1.807, 2.05) is 38.1 Å². The van der Waals surface area contributed by atoms with E-state index in [9.17, 15) is 30.0 Å². The van der Waals surface area contributed by atoms with Crippen LogP contribution in [0.15, 0.2) is 71.0 Å². The highest BCUT2D eigenvalue weighted by atomic mass is 16.3. The second kappa shape index (κ2) is 8.40. The Bertz CT molecular complexity index is 1500. The van der Waals surface area contributed by atoms with E-state index >= 15 is 0 Å². The number of carbonyl (C=O) groups is 2. The van der Waals surface area contributed by atoms with Crippen LogP contribution in [-0.4, -0.2) is 43.7 Å². The molecule has 6 nitrogen and oxygen atoms in total. The van der Waals surface area contributed by atoms with Crippen LogP contribution in [0.5, 0.6) is 5.75 Å². The van der Waals surface area contributed by atoms with Gasteiger partial charge in [-0.25, -0.2) is 0 Å². The van der Waals surface area contributed by atoms with Crippen molar-refractivity contribution in [1.29, 1.82) is 0 Å². The quantitative estimate of drug-likeness (QED) is 0.475. The van der Waals surface area contributed by atoms with Gasteiger partial charge in [0.15, 0.2) is 11.6 Å². The van der Waals surface area contributed by atoms with Gasteiger partial charge in [0.05, 0.1) is 17.2 Å². The minimum absolute atomic E-state index is 0.0776. The number of carbonyl (C=O) groups excluding carboxylic acids is 2. The van der Waals surface area contributed by atoms with Crippen molar-refractivity contribution in [2.75, 3.05) is 0 Å². The van der Waals surface area contributed by atoms with Gasteiger partial charge >= 0.3 is 0 Å². The van der Waals surface area contributed by atoms with Crippen molar-refractivity contribution in [3.8, 4) is 5.75 Å². The van der Waals surface area contributed by atoms with Crippen LogP contribution in [0.3, 0.4) is 0 Å². The van der Waals surface area contributed by atoms with Crippen LogP contribution in [0.4, 0.5) is 0 Å². The Balaban J connectivity index is 1.86. The van der Waals surface area contributed by atoms with Crippen molar-refractivity contribution < 1.29 is 30.0 Å². The number of fused-ring (bicyclic) bond motifs is 3. The summed E-state index contributed by atoms with van der Waals surface area (Å²) in [6, 6.07) is 10.7. The second-order valence-electron chi connectivity index (χ2n) is 10.5. The summed E-state index contributed by atoms with van der Waals surface area (Å²) < 4.78 is 0. The van der Waals surface area contributed by atoms with Gasteiger partial charge in [0.2, 0.25) is 0 Å². The summed E-state index contributed by atoms with van der Waals surface area (Å²) in [5.41, 5.74) is 2.47. The highest BCUT2D eigenvalue weighted by Crippen LogP contribution is 2.56. The lowest BCUT2D eigenvalue weighted by molar-refractivity contribution is -0.127. The van der Waals surface area contributed by atoms with Gasteiger partial charge in [0.1, 0.15) is 17.1 Å². The Morgan fingerprint density at radius 1 is 1.11 bits per heavy atom. The van der Waals surface area contributed by atoms with Gasteiger partial charge in [-0.1, -0.05) is 48.6 Å². The molecule has 0 aromatic heterocycles. The van der Waals surface area contributed by atoms with Gasteiger partial charge in [-0.15, -0.1) is 0 Å². The molecule has 0 bridgehead atoms. The lowest BCUT2D eigenvalue weighted by Gasteiger charge is -2.51. The van der Waals surface area contributed by atoms with Crippen molar-refractivity contribution in [2.45, 2.75) is 45.8 Å². The summed E-state index contributed by atoms with van der Waals surface area (Å²) in [7, 11) is 0. The summed E-state index contributed by atoms with van der Waals surface area (Å²) in [4.78, 5) is 26.9. The number of hydrogen-bond donors (Lipinski definition) is 4. The highest BCUT2D eigenvalue weighted by molar-refractivity contribution is 6.20. The molecule has 5 rings (SSSR count). The van der Waals surface area contributed by atoms with Crippen LogP contribution in [0.2, 0.25) is 0 Å². The minimum atomic E-state index is -2.13. The van der Waals surface area contributed by atoms with Crippen LogP contribution in [0.1, 0.15) is 52.9 Å². The molecule has 2 aromatic rings. The third-order valence-corrected chi connectivity index (χ3v) is 8.18. The number of phenols is 1. The standard InChI is InChI=1S/C31H30O6/c1-14(2)24-23(33)13-21-28(34)27-20(12-18-10-9-15(3)11-16(18)4)19-7-6-8-22(32)26(19)29(35)25(27)17(5)31(21,37)30(24)36/h6-12,21,27-28,32,34,36-37H,1,13H2,2-5H3/b20-12+/t21-,27-,28-,31-/m1/s1. The maximum absolute atomic E-state index is 13.9. The third kappa shape index (κ3) is 3.40. The molecule has 0 saturated carbocycles. The van der Waals surface area contributed by atoms with Crippen molar-refractivity contribution in [3.63, 3.8) is 0 Å². The number of aliphatic hydroxyl groups is 3. The van der Waals surface area contributed by atoms with E-state index in [1.165, 1.54) is 6.07 Å². The van der Waals surface area contributed by atoms with Gasteiger partial charge in [-0.3, -0.25) is 9.59 Å². The fourth-order valence-corrected chi connectivity index (χ4v) is 6.35. The van der Waals surface area contributed by atoms with Gasteiger partial charge in [-0.05, 0) is 67.2 Å². The van der Waals surface area contributed by atoms with Gasteiger partial charge in [-0.2, -0.15) is 0 Å². The van der Waals surface area contributed by atoms with Crippen molar-refractivity contribution in [1.82, 2.24) is 0 Å². The lowest BCUT2D eigenvalue weighted by atomic mass is 9.56. The first-order chi connectivity index (χ1) is 17.4. The summed E-state index contributed by atoms with van der Waals surface area (Å²) in [5, 5.41) is 45.6. The van der Waals surface area contributed by atoms with Crippen LogP contribution >= 0.6 is 0 Å². The van der Waals surface area contributed by atoms with E-state index in [1.54, 1.807) is 26.0 Å². The van der Waals surface area contributed by atoms with E-state index in [4.69, 9.17) is 0 Å². The van der Waals surface area contributed by atoms with Crippen molar-refractivity contribution in [2.24, 2.45) is 11.8 Å². The molecule has 6 heteroatoms. The number of hydrogen-bond acceptors (Lipinski definition) is 6. The zero-order chi connectivity index (χ0) is 27.0. The van der Waals surface area contributed by atoms with E-state index in [0.29, 0.717) is 11.1 Å². The maximum atomic E-state index is 13.9. The van der Waals surface area contributed by atoms with Crippen LogP contribution in [-0.2, 0) is 4.79 Å². The summed E-state index contributed by atoms with van der Waals surface area (Å²) >= 11 is 0.